The molecule has 1 aromatic heterocycles. The summed E-state index contributed by atoms with van der Waals surface area (Å²) in [5.41, 5.74) is 4.03. The van der Waals surface area contributed by atoms with Crippen LogP contribution in [0.25, 0.3) is 16.6 Å². The Kier molecular flexibility index (Phi) is 2.49. The number of carbonyl (C=O) groups excluding carboxylic acids is 1. The monoisotopic (exact) mass is 235 g/mol. The van der Waals surface area contributed by atoms with Crippen LogP contribution in [0.2, 0.25) is 0 Å². The highest BCUT2D eigenvalue weighted by Gasteiger charge is 2.08. The van der Waals surface area contributed by atoms with Gasteiger partial charge in [0.1, 0.15) is 0 Å². The zero-order valence-corrected chi connectivity index (χ0v) is 10.1. The summed E-state index contributed by atoms with van der Waals surface area (Å²) in [4.78, 5) is 11.2. The zero-order valence-electron chi connectivity index (χ0n) is 10.1. The molecule has 0 spiro atoms. The number of aldehydes is 1. The number of fused-ring (bicyclic) bond motifs is 1. The first-order chi connectivity index (χ1) is 8.79. The van der Waals surface area contributed by atoms with Crippen LogP contribution < -0.4 is 0 Å². The van der Waals surface area contributed by atoms with Gasteiger partial charge in [0.25, 0.3) is 0 Å². The van der Waals surface area contributed by atoms with Crippen molar-refractivity contribution in [1.29, 1.82) is 0 Å². The Balaban J connectivity index is 2.34. The molecule has 0 fully saturated rings. The molecule has 0 aliphatic carbocycles. The second-order valence-electron chi connectivity index (χ2n) is 4.43. The number of hydrogen-bond donors (Lipinski definition) is 0. The van der Waals surface area contributed by atoms with Gasteiger partial charge in [-0.3, -0.25) is 4.79 Å². The van der Waals surface area contributed by atoms with Crippen molar-refractivity contribution in [3.63, 3.8) is 0 Å². The lowest BCUT2D eigenvalue weighted by Gasteiger charge is -2.04. The number of para-hydroxylation sites is 1. The predicted molar refractivity (Wildman–Crippen MR) is 73.4 cm³/mol. The lowest BCUT2D eigenvalue weighted by molar-refractivity contribution is 0.112. The van der Waals surface area contributed by atoms with E-state index in [4.69, 9.17) is 0 Å². The van der Waals surface area contributed by atoms with Gasteiger partial charge in [-0.2, -0.15) is 0 Å². The SMILES string of the molecule is Cc1ccc2c(c1)c(C=O)cn2-c1ccccc1. The van der Waals surface area contributed by atoms with E-state index in [0.717, 1.165) is 34.0 Å². The summed E-state index contributed by atoms with van der Waals surface area (Å²) in [7, 11) is 0. The third-order valence-electron chi connectivity index (χ3n) is 3.15. The van der Waals surface area contributed by atoms with Crippen LogP contribution in [0.1, 0.15) is 15.9 Å². The van der Waals surface area contributed by atoms with Crippen LogP contribution in [0.5, 0.6) is 0 Å². The summed E-state index contributed by atoms with van der Waals surface area (Å²) in [6.45, 7) is 2.04. The van der Waals surface area contributed by atoms with E-state index < -0.39 is 0 Å². The molecule has 0 radical (unpaired) electrons. The summed E-state index contributed by atoms with van der Waals surface area (Å²) < 4.78 is 2.05. The number of benzene rings is 2. The standard InChI is InChI=1S/C16H13NO/c1-12-7-8-16-15(9-12)13(11-18)10-17(16)14-5-3-2-4-6-14/h2-11H,1H3. The first-order valence-corrected chi connectivity index (χ1v) is 5.92. The smallest absolute Gasteiger partial charge is 0.152 e. The van der Waals surface area contributed by atoms with E-state index in [1.165, 1.54) is 0 Å². The molecule has 0 aliphatic heterocycles. The highest BCUT2D eigenvalue weighted by atomic mass is 16.1. The Bertz CT molecular complexity index is 711. The minimum atomic E-state index is 0.734. The second kappa shape index (κ2) is 4.15. The molecular weight excluding hydrogens is 222 g/mol. The molecule has 0 aliphatic rings. The average molecular weight is 235 g/mol. The number of hydrogen-bond acceptors (Lipinski definition) is 1. The first-order valence-electron chi connectivity index (χ1n) is 5.92. The van der Waals surface area contributed by atoms with Gasteiger partial charge in [0.2, 0.25) is 0 Å². The highest BCUT2D eigenvalue weighted by Crippen LogP contribution is 2.24. The van der Waals surface area contributed by atoms with E-state index in [-0.39, 0.29) is 0 Å². The normalized spacial score (nSPS) is 10.7. The average Bonchev–Trinajstić information content (AvgIpc) is 2.77. The van der Waals surface area contributed by atoms with Crippen LogP contribution in [0.15, 0.2) is 54.7 Å². The van der Waals surface area contributed by atoms with Gasteiger partial charge in [0.15, 0.2) is 6.29 Å². The highest BCUT2D eigenvalue weighted by molar-refractivity contribution is 5.98. The fourth-order valence-electron chi connectivity index (χ4n) is 2.27. The minimum Gasteiger partial charge on any atom is -0.316 e. The molecule has 0 amide bonds. The van der Waals surface area contributed by atoms with Crippen LogP contribution in [-0.4, -0.2) is 10.9 Å². The van der Waals surface area contributed by atoms with Crippen molar-refractivity contribution in [3.8, 4) is 5.69 Å². The second-order valence-corrected chi connectivity index (χ2v) is 4.43. The van der Waals surface area contributed by atoms with Crippen LogP contribution >= 0.6 is 0 Å². The summed E-state index contributed by atoms with van der Waals surface area (Å²) in [6, 6.07) is 16.2. The molecule has 2 aromatic carbocycles. The van der Waals surface area contributed by atoms with Crippen LogP contribution in [-0.2, 0) is 0 Å². The maximum absolute atomic E-state index is 11.2. The lowest BCUT2D eigenvalue weighted by atomic mass is 10.1. The number of aryl methyl sites for hydroxylation is 1. The van der Waals surface area contributed by atoms with Crippen molar-refractivity contribution in [2.45, 2.75) is 6.92 Å². The Hall–Kier alpha value is -2.35. The minimum absolute atomic E-state index is 0.734. The Labute approximate surface area is 105 Å². The van der Waals surface area contributed by atoms with Gasteiger partial charge in [0, 0.05) is 22.8 Å². The lowest BCUT2D eigenvalue weighted by Crippen LogP contribution is -1.90. The Morgan fingerprint density at radius 2 is 1.83 bits per heavy atom. The molecule has 2 nitrogen and oxygen atoms in total. The van der Waals surface area contributed by atoms with Crippen LogP contribution in [0.4, 0.5) is 0 Å². The number of nitrogens with zero attached hydrogens (tertiary/aromatic N) is 1. The van der Waals surface area contributed by atoms with Gasteiger partial charge in [-0.1, -0.05) is 29.8 Å². The third-order valence-corrected chi connectivity index (χ3v) is 3.15. The van der Waals surface area contributed by atoms with Crippen molar-refractivity contribution < 1.29 is 4.79 Å². The van der Waals surface area contributed by atoms with Gasteiger partial charge in [0.05, 0.1) is 5.52 Å². The largest absolute Gasteiger partial charge is 0.316 e. The summed E-state index contributed by atoms with van der Waals surface area (Å²) in [5.74, 6) is 0. The number of aromatic nitrogens is 1. The molecule has 88 valence electrons. The molecule has 3 aromatic rings. The van der Waals surface area contributed by atoms with Gasteiger partial charge in [-0.25, -0.2) is 0 Å². The number of rotatable bonds is 2. The van der Waals surface area contributed by atoms with E-state index in [2.05, 4.69) is 22.8 Å². The molecule has 18 heavy (non-hydrogen) atoms. The fraction of sp³-hybridized carbons (Fsp3) is 0.0625. The summed E-state index contributed by atoms with van der Waals surface area (Å²) in [5, 5.41) is 1.01. The van der Waals surface area contributed by atoms with E-state index >= 15 is 0 Å². The maximum atomic E-state index is 11.2. The quantitative estimate of drug-likeness (QED) is 0.620. The molecule has 1 heterocycles. The van der Waals surface area contributed by atoms with Crippen LogP contribution in [0.3, 0.4) is 0 Å². The predicted octanol–water partition coefficient (Wildman–Crippen LogP) is 3.75. The maximum Gasteiger partial charge on any atom is 0.152 e. The van der Waals surface area contributed by atoms with Crippen molar-refractivity contribution >= 4 is 17.2 Å². The Morgan fingerprint density at radius 3 is 2.56 bits per heavy atom. The summed E-state index contributed by atoms with van der Waals surface area (Å²) >= 11 is 0. The molecule has 3 rings (SSSR count). The molecule has 0 saturated heterocycles. The van der Waals surface area contributed by atoms with Crippen molar-refractivity contribution in [2.24, 2.45) is 0 Å². The molecular formula is C16H13NO. The molecule has 0 atom stereocenters. The van der Waals surface area contributed by atoms with Gasteiger partial charge >= 0.3 is 0 Å². The van der Waals surface area contributed by atoms with E-state index in [1.54, 1.807) is 0 Å². The molecule has 0 unspecified atom stereocenters. The molecule has 2 heteroatoms. The topological polar surface area (TPSA) is 22.0 Å². The number of carbonyl (C=O) groups is 1. The van der Waals surface area contributed by atoms with E-state index in [0.29, 0.717) is 0 Å². The van der Waals surface area contributed by atoms with Gasteiger partial charge in [-0.15, -0.1) is 0 Å². The fourth-order valence-corrected chi connectivity index (χ4v) is 2.27. The van der Waals surface area contributed by atoms with Crippen LogP contribution in [0, 0.1) is 6.92 Å². The molecule has 0 N–H and O–H groups in total. The zero-order chi connectivity index (χ0) is 12.5. The summed E-state index contributed by atoms with van der Waals surface area (Å²) in [6.07, 6.45) is 2.81. The van der Waals surface area contributed by atoms with Crippen molar-refractivity contribution in [1.82, 2.24) is 4.57 Å². The molecule has 0 saturated carbocycles. The van der Waals surface area contributed by atoms with E-state index in [9.17, 15) is 4.79 Å². The first kappa shape index (κ1) is 10.8. The third kappa shape index (κ3) is 1.63. The van der Waals surface area contributed by atoms with Crippen molar-refractivity contribution in [2.75, 3.05) is 0 Å². The van der Waals surface area contributed by atoms with Gasteiger partial charge < -0.3 is 4.57 Å². The van der Waals surface area contributed by atoms with Gasteiger partial charge in [-0.05, 0) is 31.2 Å². The van der Waals surface area contributed by atoms with E-state index in [1.807, 2.05) is 43.5 Å². The molecule has 0 bridgehead atoms. The Morgan fingerprint density at radius 1 is 1.06 bits per heavy atom. The van der Waals surface area contributed by atoms with Crippen molar-refractivity contribution in [3.05, 3.63) is 65.9 Å².